The van der Waals surface area contributed by atoms with Crippen LogP contribution in [0.15, 0.2) is 54.9 Å². The normalized spacial score (nSPS) is 17.5. The number of nitrogens with one attached hydrogen (secondary N) is 1. The number of nitrogens with zero attached hydrogens (tertiary/aromatic N) is 5. The van der Waals surface area contributed by atoms with Gasteiger partial charge in [-0.05, 0) is 67.5 Å². The van der Waals surface area contributed by atoms with E-state index in [9.17, 15) is 4.79 Å². The molecule has 6 rings (SSSR count). The number of nitriles is 1. The first kappa shape index (κ1) is 19.7. The summed E-state index contributed by atoms with van der Waals surface area (Å²) in [4.78, 5) is 16.0. The lowest BCUT2D eigenvalue weighted by molar-refractivity contribution is 0.0645. The summed E-state index contributed by atoms with van der Waals surface area (Å²) in [5.74, 6) is 0.109. The van der Waals surface area contributed by atoms with E-state index in [1.807, 2.05) is 59.5 Å². The fraction of sp³-hybridized carbons (Fsp3) is 0.308. The summed E-state index contributed by atoms with van der Waals surface area (Å²) in [6, 6.07) is 16.1. The number of hydrogen-bond acceptors (Lipinski definition) is 4. The molecule has 1 atom stereocenters. The lowest BCUT2D eigenvalue weighted by atomic mass is 9.91. The molecular formula is C26H24N6O. The number of carbonyl (C=O) groups is 1. The number of benzene rings is 2. The Kier molecular flexibility index (Phi) is 4.72. The second-order valence-corrected chi connectivity index (χ2v) is 9.06. The summed E-state index contributed by atoms with van der Waals surface area (Å²) in [5, 5.41) is 21.8. The zero-order valence-corrected chi connectivity index (χ0v) is 18.2. The van der Waals surface area contributed by atoms with Crippen LogP contribution in [0, 0.1) is 11.3 Å². The fourth-order valence-electron chi connectivity index (χ4n) is 5.03. The fourth-order valence-corrected chi connectivity index (χ4v) is 5.03. The molecule has 1 fully saturated rings. The van der Waals surface area contributed by atoms with E-state index in [0.717, 1.165) is 54.1 Å². The van der Waals surface area contributed by atoms with Gasteiger partial charge in [0.25, 0.3) is 5.91 Å². The van der Waals surface area contributed by atoms with Gasteiger partial charge in [0.15, 0.2) is 0 Å². The number of amides is 1. The smallest absolute Gasteiger partial charge is 0.255 e. The molecule has 1 amide bonds. The summed E-state index contributed by atoms with van der Waals surface area (Å²) in [6.07, 6.45) is 8.64. The van der Waals surface area contributed by atoms with Gasteiger partial charge in [0, 0.05) is 23.2 Å². The van der Waals surface area contributed by atoms with E-state index in [1.165, 1.54) is 11.3 Å². The molecule has 2 heterocycles. The van der Waals surface area contributed by atoms with Gasteiger partial charge in [-0.25, -0.2) is 0 Å². The van der Waals surface area contributed by atoms with Crippen LogP contribution in [0.25, 0.3) is 10.9 Å². The molecule has 7 nitrogen and oxygen atoms in total. The zero-order valence-electron chi connectivity index (χ0n) is 18.2. The van der Waals surface area contributed by atoms with E-state index >= 15 is 0 Å². The Morgan fingerprint density at radius 2 is 1.97 bits per heavy atom. The maximum Gasteiger partial charge on any atom is 0.255 e. The highest BCUT2D eigenvalue weighted by molar-refractivity contribution is 6.06. The Labute approximate surface area is 191 Å². The Morgan fingerprint density at radius 3 is 2.76 bits per heavy atom. The molecule has 0 spiro atoms. The molecule has 2 aliphatic carbocycles. The monoisotopic (exact) mass is 436 g/mol. The number of H-pyrrole nitrogens is 1. The molecule has 2 aromatic heterocycles. The zero-order chi connectivity index (χ0) is 22.4. The van der Waals surface area contributed by atoms with Crippen molar-refractivity contribution < 1.29 is 4.79 Å². The van der Waals surface area contributed by atoms with Crippen molar-refractivity contribution in [2.24, 2.45) is 0 Å². The maximum absolute atomic E-state index is 13.9. The van der Waals surface area contributed by atoms with Gasteiger partial charge in [-0.3, -0.25) is 14.6 Å². The van der Waals surface area contributed by atoms with Gasteiger partial charge in [-0.1, -0.05) is 18.2 Å². The molecule has 0 radical (unpaired) electrons. The SMILES string of the molecule is N#Cc1ccc(Cn2ncc3c(C(=O)N(C4CC4)C4CCc5[nH]ncc5C4)cccc32)cc1. The number of carbonyl (C=O) groups excluding carboxylic acids is 1. The average molecular weight is 437 g/mol. The molecule has 164 valence electrons. The van der Waals surface area contributed by atoms with Crippen LogP contribution in [0.1, 0.15) is 52.0 Å². The molecule has 1 N–H and O–H groups in total. The van der Waals surface area contributed by atoms with Gasteiger partial charge in [0.1, 0.15) is 0 Å². The van der Waals surface area contributed by atoms with E-state index in [-0.39, 0.29) is 11.9 Å². The number of hydrogen-bond donors (Lipinski definition) is 1. The van der Waals surface area contributed by atoms with Crippen molar-refractivity contribution in [3.63, 3.8) is 0 Å². The molecule has 1 unspecified atom stereocenters. The Hall–Kier alpha value is -3.92. The van der Waals surface area contributed by atoms with Crippen LogP contribution >= 0.6 is 0 Å². The van der Waals surface area contributed by atoms with Crippen molar-refractivity contribution in [2.45, 2.75) is 50.7 Å². The first-order chi connectivity index (χ1) is 16.2. The lowest BCUT2D eigenvalue weighted by Gasteiger charge is -2.34. The van der Waals surface area contributed by atoms with Gasteiger partial charge in [-0.15, -0.1) is 0 Å². The standard InChI is InChI=1S/C26H24N6O/c27-13-17-4-6-18(7-5-17)16-31-25-3-1-2-22(23(25)15-29-31)26(33)32(20-8-9-20)21-10-11-24-19(12-21)14-28-30-24/h1-7,14-15,20-21H,8-12,16H2,(H,28,30). The topological polar surface area (TPSA) is 90.6 Å². The van der Waals surface area contributed by atoms with Crippen LogP contribution in [0.4, 0.5) is 0 Å². The highest BCUT2D eigenvalue weighted by atomic mass is 16.2. The first-order valence-electron chi connectivity index (χ1n) is 11.5. The second-order valence-electron chi connectivity index (χ2n) is 9.06. The maximum atomic E-state index is 13.9. The molecule has 4 aromatic rings. The number of aromatic amines is 1. The molecule has 0 bridgehead atoms. The van der Waals surface area contributed by atoms with Gasteiger partial charge in [-0.2, -0.15) is 15.5 Å². The molecule has 0 saturated heterocycles. The molecule has 2 aliphatic rings. The molecule has 7 heteroatoms. The molecule has 1 saturated carbocycles. The third-order valence-corrected chi connectivity index (χ3v) is 6.89. The minimum Gasteiger partial charge on any atom is -0.332 e. The average Bonchev–Trinajstić information content (AvgIpc) is 3.42. The summed E-state index contributed by atoms with van der Waals surface area (Å²) >= 11 is 0. The Balaban J connectivity index is 1.30. The molecular weight excluding hydrogens is 412 g/mol. The summed E-state index contributed by atoms with van der Waals surface area (Å²) in [5.41, 5.74) is 5.82. The van der Waals surface area contributed by atoms with E-state index in [2.05, 4.69) is 26.3 Å². The van der Waals surface area contributed by atoms with Crippen molar-refractivity contribution >= 4 is 16.8 Å². The van der Waals surface area contributed by atoms with Crippen molar-refractivity contribution in [2.75, 3.05) is 0 Å². The number of aromatic nitrogens is 4. The number of rotatable bonds is 5. The van der Waals surface area contributed by atoms with Gasteiger partial charge in [0.05, 0.1) is 41.7 Å². The van der Waals surface area contributed by atoms with Crippen LogP contribution in [0.3, 0.4) is 0 Å². The highest BCUT2D eigenvalue weighted by Crippen LogP contribution is 2.35. The summed E-state index contributed by atoms with van der Waals surface area (Å²) < 4.78 is 1.92. The third kappa shape index (κ3) is 3.58. The van der Waals surface area contributed by atoms with Crippen LogP contribution in [-0.2, 0) is 19.4 Å². The van der Waals surface area contributed by atoms with E-state index < -0.39 is 0 Å². The van der Waals surface area contributed by atoms with Crippen molar-refractivity contribution in [1.82, 2.24) is 24.9 Å². The van der Waals surface area contributed by atoms with Gasteiger partial charge in [0.2, 0.25) is 0 Å². The van der Waals surface area contributed by atoms with Crippen molar-refractivity contribution in [3.8, 4) is 6.07 Å². The molecule has 33 heavy (non-hydrogen) atoms. The minimum absolute atomic E-state index is 0.109. The van der Waals surface area contributed by atoms with Gasteiger partial charge >= 0.3 is 0 Å². The Bertz CT molecular complexity index is 1370. The minimum atomic E-state index is 0.109. The second kappa shape index (κ2) is 7.89. The lowest BCUT2D eigenvalue weighted by Crippen LogP contribution is -2.44. The van der Waals surface area contributed by atoms with Crippen LogP contribution in [-0.4, -0.2) is 42.9 Å². The van der Waals surface area contributed by atoms with Crippen molar-refractivity contribution in [1.29, 1.82) is 5.26 Å². The van der Waals surface area contributed by atoms with Crippen LogP contribution in [0.5, 0.6) is 0 Å². The first-order valence-corrected chi connectivity index (χ1v) is 11.5. The van der Waals surface area contributed by atoms with E-state index in [4.69, 9.17) is 5.26 Å². The van der Waals surface area contributed by atoms with Crippen LogP contribution < -0.4 is 0 Å². The Morgan fingerprint density at radius 1 is 1.12 bits per heavy atom. The largest absolute Gasteiger partial charge is 0.332 e. The van der Waals surface area contributed by atoms with Crippen LogP contribution in [0.2, 0.25) is 0 Å². The third-order valence-electron chi connectivity index (χ3n) is 6.89. The quantitative estimate of drug-likeness (QED) is 0.515. The predicted octanol–water partition coefficient (Wildman–Crippen LogP) is 3.84. The highest BCUT2D eigenvalue weighted by Gasteiger charge is 2.39. The van der Waals surface area contributed by atoms with E-state index in [1.54, 1.807) is 0 Å². The summed E-state index contributed by atoms with van der Waals surface area (Å²) in [7, 11) is 0. The van der Waals surface area contributed by atoms with Crippen molar-refractivity contribution in [3.05, 3.63) is 82.8 Å². The molecule has 0 aliphatic heterocycles. The molecule has 2 aromatic carbocycles. The summed E-state index contributed by atoms with van der Waals surface area (Å²) in [6.45, 7) is 0.588. The van der Waals surface area contributed by atoms with E-state index in [0.29, 0.717) is 18.2 Å². The number of aryl methyl sites for hydroxylation is 1. The predicted molar refractivity (Wildman–Crippen MR) is 124 cm³/mol. The van der Waals surface area contributed by atoms with Gasteiger partial charge < -0.3 is 4.90 Å². The number of fused-ring (bicyclic) bond motifs is 2.